The maximum absolute atomic E-state index is 13.6. The largest absolute Gasteiger partial charge is 0.339 e. The zero-order chi connectivity index (χ0) is 18.7. The predicted octanol–water partition coefficient (Wildman–Crippen LogP) is 2.33. The number of hydrogen-bond acceptors (Lipinski definition) is 6. The van der Waals surface area contributed by atoms with Crippen LogP contribution in [-0.2, 0) is 22.9 Å². The number of aromatic nitrogens is 2. The van der Waals surface area contributed by atoms with Crippen molar-refractivity contribution >= 4 is 15.7 Å². The predicted molar refractivity (Wildman–Crippen MR) is 92.6 cm³/mol. The maximum atomic E-state index is 13.6. The first kappa shape index (κ1) is 17.9. The molecule has 134 valence electrons. The van der Waals surface area contributed by atoms with Crippen molar-refractivity contribution in [3.63, 3.8) is 0 Å². The zero-order valence-electron chi connectivity index (χ0n) is 13.5. The fourth-order valence-corrected chi connectivity index (χ4v) is 2.87. The van der Waals surface area contributed by atoms with Crippen molar-refractivity contribution in [2.75, 3.05) is 0 Å². The number of benzene rings is 2. The fraction of sp³-hybridized carbons (Fsp3) is 0.118. The molecular weight excluding hydrogens is 359 g/mol. The lowest BCUT2D eigenvalue weighted by molar-refractivity contribution is 0.388. The van der Waals surface area contributed by atoms with Crippen molar-refractivity contribution in [1.82, 2.24) is 10.1 Å². The van der Waals surface area contributed by atoms with Crippen LogP contribution in [0.15, 0.2) is 57.9 Å². The summed E-state index contributed by atoms with van der Waals surface area (Å²) in [6, 6.07) is 12.0. The molecule has 0 unspecified atom stereocenters. The van der Waals surface area contributed by atoms with Gasteiger partial charge in [0.05, 0.1) is 11.3 Å². The third-order valence-electron chi connectivity index (χ3n) is 3.64. The second-order valence-corrected chi connectivity index (χ2v) is 7.19. The minimum Gasteiger partial charge on any atom is -0.339 e. The number of primary sulfonamides is 1. The summed E-state index contributed by atoms with van der Waals surface area (Å²) in [6.07, 6.45) is 0.240. The number of rotatable bonds is 6. The lowest BCUT2D eigenvalue weighted by Gasteiger charge is -2.02. The lowest BCUT2D eigenvalue weighted by atomic mass is 10.1. The first-order valence-electron chi connectivity index (χ1n) is 7.58. The van der Waals surface area contributed by atoms with Gasteiger partial charge in [0.15, 0.2) is 0 Å². The highest BCUT2D eigenvalue weighted by Gasteiger charge is 2.13. The van der Waals surface area contributed by atoms with Crippen LogP contribution in [-0.4, -0.2) is 24.3 Å². The van der Waals surface area contributed by atoms with E-state index in [1.165, 1.54) is 30.3 Å². The first-order valence-corrected chi connectivity index (χ1v) is 9.13. The summed E-state index contributed by atoms with van der Waals surface area (Å²) in [5.41, 5.74) is 1.21. The van der Waals surface area contributed by atoms with Gasteiger partial charge in [0.1, 0.15) is 5.82 Å². The standard InChI is InChI=1S/C17H15FN4O3S/c18-15-4-2-1-3-12(15)9-13(19)10-16-21-17(22-25-16)11-5-7-14(8-6-11)26(20,23)24/h1-8,19H,9-10H2,(H2,20,23,24). The van der Waals surface area contributed by atoms with Gasteiger partial charge in [0.2, 0.25) is 21.7 Å². The Balaban J connectivity index is 1.70. The number of nitrogens with zero attached hydrogens (tertiary/aromatic N) is 2. The van der Waals surface area contributed by atoms with E-state index in [1.54, 1.807) is 18.2 Å². The van der Waals surface area contributed by atoms with Gasteiger partial charge in [-0.2, -0.15) is 4.98 Å². The second kappa shape index (κ2) is 7.14. The molecule has 0 saturated heterocycles. The van der Waals surface area contributed by atoms with Crippen LogP contribution in [0.1, 0.15) is 11.5 Å². The fourth-order valence-electron chi connectivity index (χ4n) is 2.35. The summed E-state index contributed by atoms with van der Waals surface area (Å²) in [5.74, 6) is 0.120. The van der Waals surface area contributed by atoms with E-state index in [0.29, 0.717) is 11.1 Å². The van der Waals surface area contributed by atoms with Crippen molar-refractivity contribution in [3.8, 4) is 11.4 Å². The van der Waals surface area contributed by atoms with E-state index in [9.17, 15) is 12.8 Å². The molecule has 3 rings (SSSR count). The van der Waals surface area contributed by atoms with Gasteiger partial charge >= 0.3 is 0 Å². The summed E-state index contributed by atoms with van der Waals surface area (Å²) in [7, 11) is -3.77. The zero-order valence-corrected chi connectivity index (χ0v) is 14.3. The molecule has 26 heavy (non-hydrogen) atoms. The molecular formula is C17H15FN4O3S. The normalized spacial score (nSPS) is 11.5. The van der Waals surface area contributed by atoms with Gasteiger partial charge in [-0.05, 0) is 35.9 Å². The Labute approximate surface area is 149 Å². The highest BCUT2D eigenvalue weighted by Crippen LogP contribution is 2.18. The van der Waals surface area contributed by atoms with E-state index in [4.69, 9.17) is 15.1 Å². The molecule has 0 amide bonds. The van der Waals surface area contributed by atoms with Crippen LogP contribution in [0.5, 0.6) is 0 Å². The summed E-state index contributed by atoms with van der Waals surface area (Å²) in [5, 5.41) is 16.9. The topological polar surface area (TPSA) is 123 Å². The van der Waals surface area contributed by atoms with Crippen LogP contribution < -0.4 is 5.14 Å². The molecule has 7 nitrogen and oxygen atoms in total. The Kier molecular flexibility index (Phi) is 4.92. The van der Waals surface area contributed by atoms with E-state index in [1.807, 2.05) is 0 Å². The molecule has 9 heteroatoms. The maximum Gasteiger partial charge on any atom is 0.238 e. The first-order chi connectivity index (χ1) is 12.3. The summed E-state index contributed by atoms with van der Waals surface area (Å²) in [4.78, 5) is 4.17. The number of halogens is 1. The van der Waals surface area contributed by atoms with Gasteiger partial charge in [-0.15, -0.1) is 0 Å². The Morgan fingerprint density at radius 2 is 1.81 bits per heavy atom. The molecule has 0 spiro atoms. The van der Waals surface area contributed by atoms with E-state index in [2.05, 4.69) is 10.1 Å². The molecule has 0 bridgehead atoms. The molecule has 0 aliphatic heterocycles. The molecule has 3 N–H and O–H groups in total. The minimum atomic E-state index is -3.77. The van der Waals surface area contributed by atoms with Crippen molar-refractivity contribution in [1.29, 1.82) is 5.41 Å². The highest BCUT2D eigenvalue weighted by atomic mass is 32.2. The van der Waals surface area contributed by atoms with Crippen molar-refractivity contribution < 1.29 is 17.3 Å². The van der Waals surface area contributed by atoms with Crippen LogP contribution in [0.3, 0.4) is 0 Å². The van der Waals surface area contributed by atoms with Gasteiger partial charge in [0.25, 0.3) is 0 Å². The molecule has 3 aromatic rings. The number of sulfonamides is 1. The molecule has 0 aliphatic rings. The Bertz CT molecular complexity index is 1050. The van der Waals surface area contributed by atoms with Crippen LogP contribution in [0.2, 0.25) is 0 Å². The third-order valence-corrected chi connectivity index (χ3v) is 4.56. The molecule has 0 atom stereocenters. The SMILES string of the molecule is N=C(Cc1nc(-c2ccc(S(N)(=O)=O)cc2)no1)Cc1ccccc1F. The summed E-state index contributed by atoms with van der Waals surface area (Å²) in [6.45, 7) is 0. The average Bonchev–Trinajstić information content (AvgIpc) is 3.05. The monoisotopic (exact) mass is 374 g/mol. The smallest absolute Gasteiger partial charge is 0.238 e. The number of nitrogens with two attached hydrogens (primary N) is 1. The van der Waals surface area contributed by atoms with Crippen molar-refractivity contribution in [3.05, 3.63) is 65.8 Å². The van der Waals surface area contributed by atoms with Crippen LogP contribution >= 0.6 is 0 Å². The minimum absolute atomic E-state index is 0.0170. The molecule has 0 saturated carbocycles. The summed E-state index contributed by atoms with van der Waals surface area (Å²) >= 11 is 0. The molecule has 2 aromatic carbocycles. The lowest BCUT2D eigenvalue weighted by Crippen LogP contribution is -2.11. The quantitative estimate of drug-likeness (QED) is 0.641. The van der Waals surface area contributed by atoms with Crippen molar-refractivity contribution in [2.45, 2.75) is 17.7 Å². The van der Waals surface area contributed by atoms with Crippen molar-refractivity contribution in [2.24, 2.45) is 5.14 Å². The molecule has 0 radical (unpaired) electrons. The van der Waals surface area contributed by atoms with E-state index in [0.717, 1.165) is 0 Å². The molecule has 0 fully saturated rings. The van der Waals surface area contributed by atoms with E-state index < -0.39 is 10.0 Å². The van der Waals surface area contributed by atoms with Gasteiger partial charge in [-0.3, -0.25) is 0 Å². The van der Waals surface area contributed by atoms with Gasteiger partial charge in [-0.25, -0.2) is 17.9 Å². The van der Waals surface area contributed by atoms with E-state index in [-0.39, 0.29) is 41.0 Å². The van der Waals surface area contributed by atoms with Crippen LogP contribution in [0.4, 0.5) is 4.39 Å². The highest BCUT2D eigenvalue weighted by molar-refractivity contribution is 7.89. The van der Waals surface area contributed by atoms with Crippen LogP contribution in [0.25, 0.3) is 11.4 Å². The average molecular weight is 374 g/mol. The Hall–Kier alpha value is -2.91. The van der Waals surface area contributed by atoms with Gasteiger partial charge in [-0.1, -0.05) is 23.4 Å². The molecule has 0 aliphatic carbocycles. The second-order valence-electron chi connectivity index (χ2n) is 5.63. The number of hydrogen-bond donors (Lipinski definition) is 2. The number of nitrogens with one attached hydrogen (secondary N) is 1. The molecule has 1 aromatic heterocycles. The Morgan fingerprint density at radius 1 is 1.12 bits per heavy atom. The van der Waals surface area contributed by atoms with Crippen LogP contribution in [0, 0.1) is 11.2 Å². The Morgan fingerprint density at radius 3 is 2.46 bits per heavy atom. The van der Waals surface area contributed by atoms with Gasteiger partial charge in [0, 0.05) is 17.7 Å². The van der Waals surface area contributed by atoms with E-state index >= 15 is 0 Å². The summed E-state index contributed by atoms with van der Waals surface area (Å²) < 4.78 is 41.3. The molecule has 1 heterocycles. The third kappa shape index (κ3) is 4.19. The van der Waals surface area contributed by atoms with Gasteiger partial charge < -0.3 is 9.93 Å².